The number of hydrogen-bond donors (Lipinski definition) is 1. The van der Waals surface area contributed by atoms with E-state index >= 15 is 0 Å². The van der Waals surface area contributed by atoms with Gasteiger partial charge in [-0.05, 0) is 48.0 Å². The zero-order valence-corrected chi connectivity index (χ0v) is 16.5. The van der Waals surface area contributed by atoms with Crippen LogP contribution in [0.5, 0.6) is 0 Å². The largest absolute Gasteiger partial charge is 0.416 e. The average molecular weight is 449 g/mol. The molecule has 1 N–H and O–H groups in total. The van der Waals surface area contributed by atoms with E-state index in [1.54, 1.807) is 0 Å². The minimum Gasteiger partial charge on any atom is -0.306 e. The van der Waals surface area contributed by atoms with E-state index in [0.29, 0.717) is 5.82 Å². The van der Waals surface area contributed by atoms with Crippen molar-refractivity contribution >= 4 is 11.0 Å². The van der Waals surface area contributed by atoms with Crippen LogP contribution in [0.15, 0.2) is 72.8 Å². The highest BCUT2D eigenvalue weighted by Gasteiger charge is 2.36. The van der Waals surface area contributed by atoms with Crippen LogP contribution in [0.1, 0.15) is 22.5 Å². The third-order valence-corrected chi connectivity index (χ3v) is 4.90. The summed E-state index contributed by atoms with van der Waals surface area (Å²) in [5, 5.41) is 2.93. The van der Waals surface area contributed by atoms with E-state index < -0.39 is 23.5 Å². The van der Waals surface area contributed by atoms with Crippen LogP contribution < -0.4 is 5.32 Å². The van der Waals surface area contributed by atoms with Gasteiger partial charge in [-0.15, -0.1) is 0 Å². The van der Waals surface area contributed by atoms with E-state index in [1.165, 1.54) is 0 Å². The first kappa shape index (κ1) is 21.9. The number of rotatable bonds is 5. The van der Waals surface area contributed by atoms with E-state index in [1.807, 2.05) is 59.2 Å². The van der Waals surface area contributed by atoms with Crippen LogP contribution in [0.4, 0.5) is 26.3 Å². The van der Waals surface area contributed by atoms with Crippen molar-refractivity contribution in [3.8, 4) is 5.69 Å². The maximum atomic E-state index is 13.1. The van der Waals surface area contributed by atoms with Gasteiger partial charge in [0.15, 0.2) is 0 Å². The standard InChI is InChI=1S/C23H17F6N3/c24-22(25,26)16-10-15(11-17(12-16)23(27,28)29)13-30-14-21-31-19-8-4-5-9-20(19)32(21)18-6-2-1-3-7-18/h1-12,30H,13-14H2. The highest BCUT2D eigenvalue weighted by molar-refractivity contribution is 5.78. The number of nitrogens with one attached hydrogen (secondary N) is 1. The minimum atomic E-state index is -4.88. The van der Waals surface area contributed by atoms with Crippen molar-refractivity contribution in [2.75, 3.05) is 0 Å². The lowest BCUT2D eigenvalue weighted by Gasteiger charge is -2.15. The molecule has 0 saturated carbocycles. The van der Waals surface area contributed by atoms with Crippen LogP contribution in [-0.2, 0) is 25.4 Å². The second kappa shape index (κ2) is 8.31. The summed E-state index contributed by atoms with van der Waals surface area (Å²) >= 11 is 0. The normalized spacial score (nSPS) is 12.4. The van der Waals surface area contributed by atoms with Gasteiger partial charge in [0.2, 0.25) is 0 Å². The Kier molecular flexibility index (Phi) is 5.68. The molecule has 1 heterocycles. The molecule has 166 valence electrons. The molecule has 4 rings (SSSR count). The predicted molar refractivity (Wildman–Crippen MR) is 108 cm³/mol. The smallest absolute Gasteiger partial charge is 0.306 e. The Morgan fingerprint density at radius 3 is 1.94 bits per heavy atom. The van der Waals surface area contributed by atoms with Crippen molar-refractivity contribution in [2.24, 2.45) is 0 Å². The summed E-state index contributed by atoms with van der Waals surface area (Å²) < 4.78 is 80.4. The topological polar surface area (TPSA) is 29.9 Å². The number of para-hydroxylation sites is 3. The minimum absolute atomic E-state index is 0.116. The molecule has 0 unspecified atom stereocenters. The van der Waals surface area contributed by atoms with Crippen LogP contribution in [0.3, 0.4) is 0 Å². The molecule has 0 amide bonds. The molecule has 0 aliphatic heterocycles. The summed E-state index contributed by atoms with van der Waals surface area (Å²) in [6.07, 6.45) is -9.76. The summed E-state index contributed by atoms with van der Waals surface area (Å²) in [5.74, 6) is 0.584. The summed E-state index contributed by atoms with van der Waals surface area (Å²) in [5.41, 5.74) is -0.368. The molecule has 0 radical (unpaired) electrons. The Bertz CT molecular complexity index is 1190. The Morgan fingerprint density at radius 1 is 0.719 bits per heavy atom. The summed E-state index contributed by atoms with van der Waals surface area (Å²) in [6.45, 7) is -0.0494. The second-order valence-corrected chi connectivity index (χ2v) is 7.21. The van der Waals surface area contributed by atoms with Crippen molar-refractivity contribution < 1.29 is 26.3 Å². The molecule has 0 aliphatic rings. The number of aromatic nitrogens is 2. The first-order chi connectivity index (χ1) is 15.1. The Hall–Kier alpha value is -3.33. The lowest BCUT2D eigenvalue weighted by atomic mass is 10.0. The van der Waals surface area contributed by atoms with Crippen molar-refractivity contribution in [3.05, 3.63) is 95.3 Å². The SMILES string of the molecule is FC(F)(F)c1cc(CNCc2nc3ccccc3n2-c2ccccc2)cc(C(F)(F)F)c1. The van der Waals surface area contributed by atoms with Crippen molar-refractivity contribution in [1.29, 1.82) is 0 Å². The molecular formula is C23H17F6N3. The molecule has 0 saturated heterocycles. The lowest BCUT2D eigenvalue weighted by Crippen LogP contribution is -2.18. The number of hydrogen-bond acceptors (Lipinski definition) is 2. The monoisotopic (exact) mass is 449 g/mol. The molecule has 32 heavy (non-hydrogen) atoms. The van der Waals surface area contributed by atoms with E-state index in [9.17, 15) is 26.3 Å². The molecule has 1 aromatic heterocycles. The molecule has 0 fully saturated rings. The molecule has 3 nitrogen and oxygen atoms in total. The van der Waals surface area contributed by atoms with E-state index in [0.717, 1.165) is 28.9 Å². The van der Waals surface area contributed by atoms with E-state index in [2.05, 4.69) is 10.3 Å². The van der Waals surface area contributed by atoms with Crippen LogP contribution in [0.2, 0.25) is 0 Å². The van der Waals surface area contributed by atoms with Gasteiger partial charge in [0.1, 0.15) is 5.82 Å². The Labute approximate surface area is 179 Å². The van der Waals surface area contributed by atoms with Gasteiger partial charge in [0.05, 0.1) is 28.7 Å². The van der Waals surface area contributed by atoms with Crippen LogP contribution in [0, 0.1) is 0 Å². The lowest BCUT2D eigenvalue weighted by molar-refractivity contribution is -0.143. The van der Waals surface area contributed by atoms with Crippen molar-refractivity contribution in [1.82, 2.24) is 14.9 Å². The number of imidazole rings is 1. The predicted octanol–water partition coefficient (Wildman–Crippen LogP) is 6.35. The maximum absolute atomic E-state index is 13.1. The molecule has 4 aromatic rings. The quantitative estimate of drug-likeness (QED) is 0.360. The number of halogens is 6. The zero-order valence-electron chi connectivity index (χ0n) is 16.5. The van der Waals surface area contributed by atoms with Crippen LogP contribution in [-0.4, -0.2) is 9.55 Å². The fourth-order valence-corrected chi connectivity index (χ4v) is 3.50. The van der Waals surface area contributed by atoms with Gasteiger partial charge in [0, 0.05) is 12.2 Å². The molecule has 0 aliphatic carbocycles. The first-order valence-electron chi connectivity index (χ1n) is 9.64. The first-order valence-corrected chi connectivity index (χ1v) is 9.64. The van der Waals surface area contributed by atoms with Gasteiger partial charge in [-0.2, -0.15) is 26.3 Å². The molecule has 0 spiro atoms. The highest BCUT2D eigenvalue weighted by atomic mass is 19.4. The second-order valence-electron chi connectivity index (χ2n) is 7.21. The van der Waals surface area contributed by atoms with E-state index in [4.69, 9.17) is 0 Å². The van der Waals surface area contributed by atoms with Gasteiger partial charge in [-0.25, -0.2) is 4.98 Å². The maximum Gasteiger partial charge on any atom is 0.416 e. The summed E-state index contributed by atoms with van der Waals surface area (Å²) in [4.78, 5) is 4.57. The molecule has 0 atom stereocenters. The Balaban J connectivity index is 1.62. The van der Waals surface area contributed by atoms with Crippen LogP contribution >= 0.6 is 0 Å². The van der Waals surface area contributed by atoms with Gasteiger partial charge in [-0.1, -0.05) is 30.3 Å². The third-order valence-electron chi connectivity index (χ3n) is 4.90. The molecule has 0 bridgehead atoms. The number of nitrogens with zero attached hydrogens (tertiary/aromatic N) is 2. The molecule has 9 heteroatoms. The Morgan fingerprint density at radius 2 is 1.31 bits per heavy atom. The van der Waals surface area contributed by atoms with Gasteiger partial charge in [-0.3, -0.25) is 4.57 Å². The molecular weight excluding hydrogens is 432 g/mol. The van der Waals surface area contributed by atoms with Crippen molar-refractivity contribution in [3.63, 3.8) is 0 Å². The van der Waals surface area contributed by atoms with Gasteiger partial charge in [0.25, 0.3) is 0 Å². The summed E-state index contributed by atoms with van der Waals surface area (Å²) in [6, 6.07) is 18.4. The van der Waals surface area contributed by atoms with Gasteiger partial charge >= 0.3 is 12.4 Å². The number of benzene rings is 3. The highest BCUT2D eigenvalue weighted by Crippen LogP contribution is 2.36. The van der Waals surface area contributed by atoms with Crippen LogP contribution in [0.25, 0.3) is 16.7 Å². The van der Waals surface area contributed by atoms with E-state index in [-0.39, 0.29) is 24.7 Å². The fourth-order valence-electron chi connectivity index (χ4n) is 3.50. The summed E-state index contributed by atoms with van der Waals surface area (Å²) in [7, 11) is 0. The zero-order chi connectivity index (χ0) is 22.9. The fraction of sp³-hybridized carbons (Fsp3) is 0.174. The number of alkyl halides is 6. The average Bonchev–Trinajstić information content (AvgIpc) is 3.11. The van der Waals surface area contributed by atoms with Gasteiger partial charge < -0.3 is 5.32 Å². The van der Waals surface area contributed by atoms with Crippen molar-refractivity contribution in [2.45, 2.75) is 25.4 Å². The third kappa shape index (κ3) is 4.62. The number of fused-ring (bicyclic) bond motifs is 1. The molecule has 3 aromatic carbocycles.